The Morgan fingerprint density at radius 2 is 1.94 bits per heavy atom. The number of halogens is 2. The van der Waals surface area contributed by atoms with Crippen LogP contribution in [-0.2, 0) is 6.61 Å². The van der Waals surface area contributed by atoms with Crippen LogP contribution < -0.4 is 4.74 Å². The van der Waals surface area contributed by atoms with Crippen molar-refractivity contribution in [2.45, 2.75) is 6.61 Å². The van der Waals surface area contributed by atoms with Crippen molar-refractivity contribution >= 4 is 11.6 Å². The molecule has 0 aliphatic heterocycles. The van der Waals surface area contributed by atoms with E-state index in [2.05, 4.69) is 0 Å². The van der Waals surface area contributed by atoms with Gasteiger partial charge in [-0.2, -0.15) is 0 Å². The molecular weight excluding hydrogens is 255 g/mol. The third kappa shape index (κ3) is 2.47. The minimum absolute atomic E-state index is 0.167. The Kier molecular flexibility index (Phi) is 3.84. The lowest BCUT2D eigenvalue weighted by molar-refractivity contribution is 0.281. The van der Waals surface area contributed by atoms with Crippen molar-refractivity contribution in [1.82, 2.24) is 0 Å². The first-order chi connectivity index (χ1) is 8.65. The van der Waals surface area contributed by atoms with Crippen molar-refractivity contribution < 1.29 is 14.2 Å². The van der Waals surface area contributed by atoms with Crippen molar-refractivity contribution in [3.63, 3.8) is 0 Å². The van der Waals surface area contributed by atoms with Gasteiger partial charge in [0, 0.05) is 10.6 Å². The van der Waals surface area contributed by atoms with Gasteiger partial charge in [-0.15, -0.1) is 0 Å². The summed E-state index contributed by atoms with van der Waals surface area (Å²) in [5, 5.41) is 9.81. The molecule has 4 heteroatoms. The monoisotopic (exact) mass is 266 g/mol. The van der Waals surface area contributed by atoms with E-state index >= 15 is 0 Å². The molecule has 0 aromatic heterocycles. The highest BCUT2D eigenvalue weighted by atomic mass is 35.5. The molecule has 0 heterocycles. The first-order valence-corrected chi connectivity index (χ1v) is 5.76. The standard InChI is InChI=1S/C14H12ClFO2/c1-18-11-3-4-12(9(6-11)8-17)13-7-10(16)2-5-14(13)15/h2-7,17H,8H2,1H3. The molecule has 0 unspecified atom stereocenters. The van der Waals surface area contributed by atoms with Crippen molar-refractivity contribution in [1.29, 1.82) is 0 Å². The number of methoxy groups -OCH3 is 1. The van der Waals surface area contributed by atoms with Gasteiger partial charge in [-0.1, -0.05) is 17.7 Å². The summed E-state index contributed by atoms with van der Waals surface area (Å²) in [4.78, 5) is 0. The Morgan fingerprint density at radius 1 is 1.17 bits per heavy atom. The van der Waals surface area contributed by atoms with Gasteiger partial charge in [-0.05, 0) is 41.5 Å². The molecule has 0 bridgehead atoms. The lowest BCUT2D eigenvalue weighted by atomic mass is 9.99. The predicted octanol–water partition coefficient (Wildman–Crippen LogP) is 3.65. The van der Waals surface area contributed by atoms with E-state index < -0.39 is 0 Å². The normalized spacial score (nSPS) is 10.4. The first kappa shape index (κ1) is 12.9. The largest absolute Gasteiger partial charge is 0.497 e. The molecule has 18 heavy (non-hydrogen) atoms. The lowest BCUT2D eigenvalue weighted by Gasteiger charge is -2.11. The molecule has 2 aromatic rings. The Labute approximate surface area is 110 Å². The highest BCUT2D eigenvalue weighted by Crippen LogP contribution is 2.33. The molecule has 0 aliphatic rings. The van der Waals surface area contributed by atoms with E-state index in [1.54, 1.807) is 25.3 Å². The maximum Gasteiger partial charge on any atom is 0.123 e. The van der Waals surface area contributed by atoms with Crippen LogP contribution in [0.4, 0.5) is 4.39 Å². The zero-order valence-electron chi connectivity index (χ0n) is 9.78. The second kappa shape index (κ2) is 5.38. The maximum atomic E-state index is 13.3. The number of aliphatic hydroxyl groups excluding tert-OH is 1. The van der Waals surface area contributed by atoms with Crippen LogP contribution in [0.25, 0.3) is 11.1 Å². The van der Waals surface area contributed by atoms with Crippen molar-refractivity contribution in [3.05, 3.63) is 52.8 Å². The summed E-state index contributed by atoms with van der Waals surface area (Å²) in [7, 11) is 1.55. The minimum Gasteiger partial charge on any atom is -0.497 e. The molecule has 0 amide bonds. The Bertz CT molecular complexity index is 570. The smallest absolute Gasteiger partial charge is 0.123 e. The van der Waals surface area contributed by atoms with Crippen LogP contribution in [0.15, 0.2) is 36.4 Å². The van der Waals surface area contributed by atoms with Gasteiger partial charge in [0.2, 0.25) is 0 Å². The molecule has 0 saturated heterocycles. The molecule has 0 atom stereocenters. The van der Waals surface area contributed by atoms with E-state index in [4.69, 9.17) is 16.3 Å². The molecule has 0 saturated carbocycles. The highest BCUT2D eigenvalue weighted by molar-refractivity contribution is 6.33. The van der Waals surface area contributed by atoms with E-state index in [0.29, 0.717) is 27.5 Å². The molecule has 2 aromatic carbocycles. The molecule has 1 N–H and O–H groups in total. The fraction of sp³-hybridized carbons (Fsp3) is 0.143. The third-order valence-corrected chi connectivity index (χ3v) is 3.03. The summed E-state index contributed by atoms with van der Waals surface area (Å²) in [6.07, 6.45) is 0. The summed E-state index contributed by atoms with van der Waals surface area (Å²) < 4.78 is 18.4. The second-order valence-electron chi connectivity index (χ2n) is 3.81. The average Bonchev–Trinajstić information content (AvgIpc) is 2.41. The summed E-state index contributed by atoms with van der Waals surface area (Å²) in [6, 6.07) is 9.35. The molecular formula is C14H12ClFO2. The van der Waals surface area contributed by atoms with Crippen LogP contribution in [-0.4, -0.2) is 12.2 Å². The zero-order chi connectivity index (χ0) is 13.1. The van der Waals surface area contributed by atoms with Crippen molar-refractivity contribution in [3.8, 4) is 16.9 Å². The van der Waals surface area contributed by atoms with Gasteiger partial charge in [0.1, 0.15) is 11.6 Å². The van der Waals surface area contributed by atoms with E-state index in [9.17, 15) is 9.50 Å². The van der Waals surface area contributed by atoms with Crippen LogP contribution in [0.5, 0.6) is 5.75 Å². The Hall–Kier alpha value is -1.58. The van der Waals surface area contributed by atoms with Crippen molar-refractivity contribution in [2.24, 2.45) is 0 Å². The predicted molar refractivity (Wildman–Crippen MR) is 69.3 cm³/mol. The van der Waals surface area contributed by atoms with E-state index in [1.807, 2.05) is 0 Å². The Balaban J connectivity index is 2.59. The fourth-order valence-corrected chi connectivity index (χ4v) is 2.01. The second-order valence-corrected chi connectivity index (χ2v) is 4.21. The number of hydrogen-bond donors (Lipinski definition) is 1. The zero-order valence-corrected chi connectivity index (χ0v) is 10.5. The van der Waals surface area contributed by atoms with Crippen LogP contribution in [0.3, 0.4) is 0 Å². The molecule has 0 fully saturated rings. The molecule has 2 rings (SSSR count). The fourth-order valence-electron chi connectivity index (χ4n) is 1.79. The van der Waals surface area contributed by atoms with Gasteiger partial charge in [-0.3, -0.25) is 0 Å². The highest BCUT2D eigenvalue weighted by Gasteiger charge is 2.10. The molecule has 0 radical (unpaired) electrons. The minimum atomic E-state index is -0.367. The summed E-state index contributed by atoms with van der Waals surface area (Å²) in [5.41, 5.74) is 1.90. The number of hydrogen-bond acceptors (Lipinski definition) is 2. The maximum absolute atomic E-state index is 13.3. The SMILES string of the molecule is COc1ccc(-c2cc(F)ccc2Cl)c(CO)c1. The average molecular weight is 267 g/mol. The summed E-state index contributed by atoms with van der Waals surface area (Å²) >= 11 is 6.05. The number of benzene rings is 2. The number of aliphatic hydroxyl groups is 1. The van der Waals surface area contributed by atoms with E-state index in [1.165, 1.54) is 18.2 Å². The number of rotatable bonds is 3. The van der Waals surface area contributed by atoms with Crippen LogP contribution in [0.1, 0.15) is 5.56 Å². The van der Waals surface area contributed by atoms with E-state index in [0.717, 1.165) is 0 Å². The topological polar surface area (TPSA) is 29.5 Å². The summed E-state index contributed by atoms with van der Waals surface area (Å²) in [5.74, 6) is 0.268. The molecule has 0 aliphatic carbocycles. The number of ether oxygens (including phenoxy) is 1. The molecule has 0 spiro atoms. The molecule has 2 nitrogen and oxygen atoms in total. The first-order valence-electron chi connectivity index (χ1n) is 5.39. The summed E-state index contributed by atoms with van der Waals surface area (Å²) in [6.45, 7) is -0.167. The van der Waals surface area contributed by atoms with Crippen molar-refractivity contribution in [2.75, 3.05) is 7.11 Å². The quantitative estimate of drug-likeness (QED) is 0.919. The van der Waals surface area contributed by atoms with Gasteiger partial charge >= 0.3 is 0 Å². The van der Waals surface area contributed by atoms with Gasteiger partial charge in [0.15, 0.2) is 0 Å². The molecule has 94 valence electrons. The van der Waals surface area contributed by atoms with Gasteiger partial charge in [0.05, 0.1) is 13.7 Å². The van der Waals surface area contributed by atoms with Crippen LogP contribution >= 0.6 is 11.6 Å². The van der Waals surface area contributed by atoms with Crippen LogP contribution in [0, 0.1) is 5.82 Å². The van der Waals surface area contributed by atoms with Crippen LogP contribution in [0.2, 0.25) is 5.02 Å². The van der Waals surface area contributed by atoms with Gasteiger partial charge in [0.25, 0.3) is 0 Å². The van der Waals surface area contributed by atoms with Gasteiger partial charge < -0.3 is 9.84 Å². The Morgan fingerprint density at radius 3 is 2.61 bits per heavy atom. The van der Waals surface area contributed by atoms with E-state index in [-0.39, 0.29) is 12.4 Å². The lowest BCUT2D eigenvalue weighted by Crippen LogP contribution is -1.93. The third-order valence-electron chi connectivity index (χ3n) is 2.70. The van der Waals surface area contributed by atoms with Gasteiger partial charge in [-0.25, -0.2) is 4.39 Å².